The lowest BCUT2D eigenvalue weighted by Crippen LogP contribution is -1.88. The van der Waals surface area contributed by atoms with Gasteiger partial charge in [0.25, 0.3) is 0 Å². The molecule has 2 aromatic rings. The fourth-order valence-electron chi connectivity index (χ4n) is 1.58. The Hall–Kier alpha value is -1.28. The highest BCUT2D eigenvalue weighted by Crippen LogP contribution is 2.16. The zero-order valence-electron chi connectivity index (χ0n) is 9.11. The van der Waals surface area contributed by atoms with Crippen molar-refractivity contribution in [2.75, 3.05) is 7.11 Å². The van der Waals surface area contributed by atoms with Gasteiger partial charge in [-0.1, -0.05) is 40.2 Å². The van der Waals surface area contributed by atoms with Gasteiger partial charge in [-0.3, -0.25) is 0 Å². The molecule has 16 heavy (non-hydrogen) atoms. The molecule has 2 heteroatoms. The summed E-state index contributed by atoms with van der Waals surface area (Å²) in [4.78, 5) is 0. The van der Waals surface area contributed by atoms with Gasteiger partial charge < -0.3 is 4.74 Å². The fraction of sp³-hybridized carbons (Fsp3) is 0.143. The van der Waals surface area contributed by atoms with Gasteiger partial charge in [0.15, 0.2) is 0 Å². The average molecular weight is 277 g/mol. The van der Waals surface area contributed by atoms with Gasteiger partial charge in [0.1, 0.15) is 5.75 Å². The summed E-state index contributed by atoms with van der Waals surface area (Å²) in [7, 11) is 1.68. The zero-order valence-corrected chi connectivity index (χ0v) is 10.7. The second-order valence-electron chi connectivity index (χ2n) is 3.65. The molecule has 0 unspecified atom stereocenters. The molecular weight excluding hydrogens is 264 g/mol. The molecule has 0 saturated carbocycles. The van der Waals surface area contributed by atoms with Crippen LogP contribution < -0.4 is 4.74 Å². The minimum absolute atomic E-state index is 0.902. The van der Waals surface area contributed by atoms with Crippen LogP contribution in [0.15, 0.2) is 53.0 Å². The molecule has 0 aliphatic carbocycles. The van der Waals surface area contributed by atoms with Crippen LogP contribution in [0.2, 0.25) is 0 Å². The van der Waals surface area contributed by atoms with Gasteiger partial charge in [-0.05, 0) is 41.8 Å². The summed E-state index contributed by atoms with van der Waals surface area (Å²) in [5.41, 5.74) is 2.61. The minimum Gasteiger partial charge on any atom is -0.497 e. The molecule has 2 aromatic carbocycles. The van der Waals surface area contributed by atoms with Gasteiger partial charge in [-0.2, -0.15) is 0 Å². The maximum Gasteiger partial charge on any atom is 0.118 e. The van der Waals surface area contributed by atoms with Crippen LogP contribution in [0.1, 0.15) is 11.1 Å². The smallest absolute Gasteiger partial charge is 0.118 e. The quantitative estimate of drug-likeness (QED) is 0.822. The van der Waals surface area contributed by atoms with Crippen LogP contribution in [0, 0.1) is 0 Å². The average Bonchev–Trinajstić information content (AvgIpc) is 2.33. The topological polar surface area (TPSA) is 9.23 Å². The first-order chi connectivity index (χ1) is 7.78. The largest absolute Gasteiger partial charge is 0.497 e. The first-order valence-electron chi connectivity index (χ1n) is 5.15. The molecule has 1 nitrogen and oxygen atoms in total. The summed E-state index contributed by atoms with van der Waals surface area (Å²) in [5.74, 6) is 0.902. The molecule has 0 heterocycles. The first kappa shape index (κ1) is 11.2. The van der Waals surface area contributed by atoms with E-state index in [1.165, 1.54) is 11.1 Å². The van der Waals surface area contributed by atoms with Crippen LogP contribution in [0.5, 0.6) is 5.75 Å². The van der Waals surface area contributed by atoms with Crippen molar-refractivity contribution in [3.8, 4) is 5.75 Å². The van der Waals surface area contributed by atoms with Gasteiger partial charge in [-0.15, -0.1) is 0 Å². The lowest BCUT2D eigenvalue weighted by molar-refractivity contribution is 0.414. The molecule has 82 valence electrons. The number of hydrogen-bond donors (Lipinski definition) is 0. The number of rotatable bonds is 3. The van der Waals surface area contributed by atoms with Crippen LogP contribution in [0.3, 0.4) is 0 Å². The molecule has 0 aliphatic heterocycles. The van der Waals surface area contributed by atoms with E-state index in [1.54, 1.807) is 7.11 Å². The standard InChI is InChI=1S/C14H13BrO/c1-16-14-8-4-12(5-9-14)10-11-2-6-13(15)7-3-11/h2-9H,10H2,1H3. The summed E-state index contributed by atoms with van der Waals surface area (Å²) in [6.45, 7) is 0. The van der Waals surface area contributed by atoms with Crippen LogP contribution in [-0.4, -0.2) is 7.11 Å². The Balaban J connectivity index is 2.11. The maximum atomic E-state index is 5.13. The van der Waals surface area contributed by atoms with Gasteiger partial charge in [0.05, 0.1) is 7.11 Å². The molecule has 0 radical (unpaired) electrons. The van der Waals surface area contributed by atoms with E-state index in [4.69, 9.17) is 4.74 Å². The third-order valence-electron chi connectivity index (χ3n) is 2.48. The Kier molecular flexibility index (Phi) is 3.62. The van der Waals surface area contributed by atoms with E-state index in [2.05, 4.69) is 52.3 Å². The predicted molar refractivity (Wildman–Crippen MR) is 69.9 cm³/mol. The lowest BCUT2D eigenvalue weighted by atomic mass is 10.1. The van der Waals surface area contributed by atoms with Crippen molar-refractivity contribution in [2.45, 2.75) is 6.42 Å². The summed E-state index contributed by atoms with van der Waals surface area (Å²) < 4.78 is 6.25. The van der Waals surface area contributed by atoms with E-state index in [-0.39, 0.29) is 0 Å². The zero-order chi connectivity index (χ0) is 11.4. The number of benzene rings is 2. The van der Waals surface area contributed by atoms with E-state index < -0.39 is 0 Å². The van der Waals surface area contributed by atoms with E-state index in [9.17, 15) is 0 Å². The van der Waals surface area contributed by atoms with Crippen molar-refractivity contribution in [1.82, 2.24) is 0 Å². The second-order valence-corrected chi connectivity index (χ2v) is 4.57. The highest BCUT2D eigenvalue weighted by Gasteiger charge is 1.97. The highest BCUT2D eigenvalue weighted by atomic mass is 79.9. The molecule has 0 amide bonds. The molecule has 0 atom stereocenters. The third-order valence-corrected chi connectivity index (χ3v) is 3.01. The third kappa shape index (κ3) is 2.86. The number of methoxy groups -OCH3 is 1. The van der Waals surface area contributed by atoms with Crippen LogP contribution in [0.25, 0.3) is 0 Å². The Morgan fingerprint density at radius 1 is 0.875 bits per heavy atom. The molecule has 0 aliphatic rings. The Labute approximate surface area is 104 Å². The monoisotopic (exact) mass is 276 g/mol. The summed E-state index contributed by atoms with van der Waals surface area (Å²) in [6, 6.07) is 16.6. The van der Waals surface area contributed by atoms with Gasteiger partial charge in [0, 0.05) is 4.47 Å². The number of ether oxygens (including phenoxy) is 1. The van der Waals surface area contributed by atoms with E-state index >= 15 is 0 Å². The molecule has 0 saturated heterocycles. The molecule has 2 rings (SSSR count). The van der Waals surface area contributed by atoms with Crippen molar-refractivity contribution < 1.29 is 4.74 Å². The SMILES string of the molecule is COc1ccc(Cc2ccc(Br)cc2)cc1. The number of halogens is 1. The maximum absolute atomic E-state index is 5.13. The highest BCUT2D eigenvalue weighted by molar-refractivity contribution is 9.10. The molecule has 0 spiro atoms. The Morgan fingerprint density at radius 2 is 1.38 bits per heavy atom. The van der Waals surface area contributed by atoms with E-state index in [0.717, 1.165) is 16.6 Å². The normalized spacial score (nSPS) is 10.1. The van der Waals surface area contributed by atoms with E-state index in [1.807, 2.05) is 12.1 Å². The van der Waals surface area contributed by atoms with Crippen molar-refractivity contribution >= 4 is 15.9 Å². The first-order valence-corrected chi connectivity index (χ1v) is 5.94. The van der Waals surface area contributed by atoms with Crippen LogP contribution in [0.4, 0.5) is 0 Å². The van der Waals surface area contributed by atoms with Gasteiger partial charge >= 0.3 is 0 Å². The van der Waals surface area contributed by atoms with Crippen molar-refractivity contribution in [3.63, 3.8) is 0 Å². The van der Waals surface area contributed by atoms with Crippen molar-refractivity contribution in [1.29, 1.82) is 0 Å². The molecule has 0 fully saturated rings. The van der Waals surface area contributed by atoms with Crippen molar-refractivity contribution in [2.24, 2.45) is 0 Å². The predicted octanol–water partition coefficient (Wildman–Crippen LogP) is 4.05. The Bertz CT molecular complexity index is 445. The van der Waals surface area contributed by atoms with Gasteiger partial charge in [-0.25, -0.2) is 0 Å². The summed E-state index contributed by atoms with van der Waals surface area (Å²) in [6.07, 6.45) is 0.956. The Morgan fingerprint density at radius 3 is 1.88 bits per heavy atom. The molecule has 0 N–H and O–H groups in total. The lowest BCUT2D eigenvalue weighted by Gasteiger charge is -2.04. The second kappa shape index (κ2) is 5.17. The summed E-state index contributed by atoms with van der Waals surface area (Å²) in [5, 5.41) is 0. The van der Waals surface area contributed by atoms with Gasteiger partial charge in [0.2, 0.25) is 0 Å². The fourth-order valence-corrected chi connectivity index (χ4v) is 1.85. The van der Waals surface area contributed by atoms with Crippen molar-refractivity contribution in [3.05, 3.63) is 64.1 Å². The van der Waals surface area contributed by atoms with Crippen LogP contribution >= 0.6 is 15.9 Å². The summed E-state index contributed by atoms with van der Waals surface area (Å²) >= 11 is 3.43. The molecule has 0 bridgehead atoms. The van der Waals surface area contributed by atoms with Crippen LogP contribution in [-0.2, 0) is 6.42 Å². The minimum atomic E-state index is 0.902. The molecular formula is C14H13BrO. The van der Waals surface area contributed by atoms with E-state index in [0.29, 0.717) is 0 Å². The number of hydrogen-bond acceptors (Lipinski definition) is 1. The molecule has 0 aromatic heterocycles.